The Hall–Kier alpha value is -4.39. The molecule has 0 aliphatic carbocycles. The molecule has 0 N–H and O–H groups in total. The fourth-order valence-electron chi connectivity index (χ4n) is 6.52. The van der Waals surface area contributed by atoms with Crippen molar-refractivity contribution in [2.75, 3.05) is 4.90 Å². The van der Waals surface area contributed by atoms with Crippen LogP contribution in [0.2, 0.25) is 10.0 Å². The highest BCUT2D eigenvalue weighted by Gasteiger charge is 2.65. The first-order valence-electron chi connectivity index (χ1n) is 13.6. The van der Waals surface area contributed by atoms with E-state index in [1.807, 2.05) is 95.9 Å². The molecule has 4 atom stereocenters. The van der Waals surface area contributed by atoms with E-state index >= 15 is 0 Å². The number of hydrogen-bond acceptors (Lipinski definition) is 5. The van der Waals surface area contributed by atoms with Crippen LogP contribution in [0, 0.1) is 11.8 Å². The molecular weight excluding hydrogens is 571 g/mol. The van der Waals surface area contributed by atoms with Gasteiger partial charge in [-0.15, -0.1) is 0 Å². The van der Waals surface area contributed by atoms with E-state index in [9.17, 15) is 14.4 Å². The molecule has 3 heterocycles. The van der Waals surface area contributed by atoms with Gasteiger partial charge < -0.3 is 9.64 Å². The molecule has 0 aromatic heterocycles. The van der Waals surface area contributed by atoms with E-state index in [2.05, 4.69) is 0 Å². The van der Waals surface area contributed by atoms with Gasteiger partial charge in [0.25, 0.3) is 0 Å². The van der Waals surface area contributed by atoms with Gasteiger partial charge in [-0.1, -0.05) is 108 Å². The second-order valence-electron chi connectivity index (χ2n) is 10.6. The maximum atomic E-state index is 14.3. The van der Waals surface area contributed by atoms with Gasteiger partial charge in [0.2, 0.25) is 11.8 Å². The number of hydrogen-bond donors (Lipinski definition) is 0. The summed E-state index contributed by atoms with van der Waals surface area (Å²) in [5.41, 5.74) is 3.68. The molecule has 6 nitrogen and oxygen atoms in total. The van der Waals surface area contributed by atoms with E-state index in [1.54, 1.807) is 6.20 Å². The molecule has 4 unspecified atom stereocenters. The third-order valence-corrected chi connectivity index (χ3v) is 8.68. The first kappa shape index (κ1) is 26.5. The zero-order valence-corrected chi connectivity index (χ0v) is 23.7. The van der Waals surface area contributed by atoms with Crippen molar-refractivity contribution in [3.63, 3.8) is 0 Å². The summed E-state index contributed by atoms with van der Waals surface area (Å²) in [4.78, 5) is 45.6. The minimum atomic E-state index is -1.03. The molecule has 2 amide bonds. The minimum Gasteiger partial charge on any atom is -0.451 e. The Balaban J connectivity index is 1.32. The molecule has 0 spiro atoms. The number of amides is 2. The SMILES string of the molecule is O=C(OC(c1ccccc1)c1ccccc1)C1C2C(=O)N(c3cc(Cl)cc(Cl)c3)C(=O)C2C2c3ccccc3C=CN12. The van der Waals surface area contributed by atoms with Crippen LogP contribution in [0.25, 0.3) is 6.08 Å². The number of carbonyl (C=O) groups is 3. The van der Waals surface area contributed by atoms with Crippen molar-refractivity contribution in [2.24, 2.45) is 11.8 Å². The molecule has 4 aromatic rings. The average molecular weight is 595 g/mol. The topological polar surface area (TPSA) is 66.9 Å². The summed E-state index contributed by atoms with van der Waals surface area (Å²) in [5, 5.41) is 0.597. The highest BCUT2D eigenvalue weighted by atomic mass is 35.5. The highest BCUT2D eigenvalue weighted by molar-refractivity contribution is 6.35. The van der Waals surface area contributed by atoms with Crippen LogP contribution in [0.15, 0.2) is 109 Å². The largest absolute Gasteiger partial charge is 0.451 e. The first-order valence-corrected chi connectivity index (χ1v) is 14.4. The summed E-state index contributed by atoms with van der Waals surface area (Å²) in [5.74, 6) is -3.26. The molecule has 4 aromatic carbocycles. The molecule has 0 bridgehead atoms. The van der Waals surface area contributed by atoms with Gasteiger partial charge in [-0.2, -0.15) is 0 Å². The van der Waals surface area contributed by atoms with Gasteiger partial charge in [0.15, 0.2) is 6.10 Å². The lowest BCUT2D eigenvalue weighted by atomic mass is 9.84. The summed E-state index contributed by atoms with van der Waals surface area (Å²) < 4.78 is 6.28. The van der Waals surface area contributed by atoms with Crippen LogP contribution < -0.4 is 4.90 Å². The molecule has 3 aliphatic rings. The lowest BCUT2D eigenvalue weighted by Gasteiger charge is -2.35. The van der Waals surface area contributed by atoms with E-state index in [-0.39, 0.29) is 5.69 Å². The van der Waals surface area contributed by atoms with E-state index in [0.717, 1.165) is 27.2 Å². The number of esters is 1. The molecule has 7 rings (SSSR count). The summed E-state index contributed by atoms with van der Waals surface area (Å²) in [6, 6.07) is 29.7. The number of rotatable bonds is 5. The normalized spacial score (nSPS) is 22.3. The van der Waals surface area contributed by atoms with Crippen molar-refractivity contribution in [3.8, 4) is 0 Å². The van der Waals surface area contributed by atoms with Crippen LogP contribution in [-0.4, -0.2) is 28.7 Å². The van der Waals surface area contributed by atoms with E-state index in [1.165, 1.54) is 18.2 Å². The van der Waals surface area contributed by atoms with Crippen LogP contribution >= 0.6 is 23.2 Å². The van der Waals surface area contributed by atoms with Crippen molar-refractivity contribution in [2.45, 2.75) is 18.2 Å². The molecule has 0 radical (unpaired) electrons. The van der Waals surface area contributed by atoms with Crippen LogP contribution in [0.4, 0.5) is 5.69 Å². The van der Waals surface area contributed by atoms with Crippen LogP contribution in [0.5, 0.6) is 0 Å². The third kappa shape index (κ3) is 4.30. The van der Waals surface area contributed by atoms with Crippen LogP contribution in [0.1, 0.15) is 34.4 Å². The Morgan fingerprint density at radius 3 is 1.95 bits per heavy atom. The van der Waals surface area contributed by atoms with Gasteiger partial charge in [-0.25, -0.2) is 9.69 Å². The number of halogens is 2. The predicted octanol–water partition coefficient (Wildman–Crippen LogP) is 6.84. The average Bonchev–Trinajstić information content (AvgIpc) is 3.48. The van der Waals surface area contributed by atoms with Crippen molar-refractivity contribution >= 4 is 52.7 Å². The third-order valence-electron chi connectivity index (χ3n) is 8.25. The molecule has 42 heavy (non-hydrogen) atoms. The van der Waals surface area contributed by atoms with Gasteiger partial charge in [-0.3, -0.25) is 9.59 Å². The van der Waals surface area contributed by atoms with Crippen LogP contribution in [-0.2, 0) is 19.1 Å². The maximum Gasteiger partial charge on any atom is 0.330 e. The summed E-state index contributed by atoms with van der Waals surface area (Å²) >= 11 is 12.5. The molecule has 3 aliphatic heterocycles. The van der Waals surface area contributed by atoms with Crippen molar-refractivity contribution in [3.05, 3.63) is 142 Å². The standard InChI is InChI=1S/C34H24Cl2N2O4/c35-23-17-24(36)19-25(18-23)38-32(39)27-28(33(38)40)30(37-16-15-20-9-7-8-14-26(20)29(27)37)34(41)42-31(21-10-3-1-4-11-21)22-12-5-2-6-13-22/h1-19,27-31H. The highest BCUT2D eigenvalue weighted by Crippen LogP contribution is 2.54. The second-order valence-corrected chi connectivity index (χ2v) is 11.5. The maximum absolute atomic E-state index is 14.3. The molecule has 0 saturated carbocycles. The number of fused-ring (bicyclic) bond motifs is 5. The Morgan fingerprint density at radius 1 is 0.738 bits per heavy atom. The van der Waals surface area contributed by atoms with E-state index < -0.39 is 47.8 Å². The number of anilines is 1. The smallest absolute Gasteiger partial charge is 0.330 e. The van der Waals surface area contributed by atoms with Gasteiger partial charge in [0, 0.05) is 16.2 Å². The van der Waals surface area contributed by atoms with Gasteiger partial charge in [0.1, 0.15) is 6.04 Å². The summed E-state index contributed by atoms with van der Waals surface area (Å²) in [7, 11) is 0. The minimum absolute atomic E-state index is 0.279. The number of benzene rings is 4. The van der Waals surface area contributed by atoms with Gasteiger partial charge >= 0.3 is 5.97 Å². The van der Waals surface area contributed by atoms with Crippen LogP contribution in [0.3, 0.4) is 0 Å². The predicted molar refractivity (Wildman–Crippen MR) is 161 cm³/mol. The fraction of sp³-hybridized carbons (Fsp3) is 0.147. The lowest BCUT2D eigenvalue weighted by Crippen LogP contribution is -2.45. The fourth-order valence-corrected chi connectivity index (χ4v) is 7.03. The molecule has 2 fully saturated rings. The number of nitrogens with zero attached hydrogens (tertiary/aromatic N) is 2. The Morgan fingerprint density at radius 2 is 1.31 bits per heavy atom. The Kier molecular flexibility index (Phi) is 6.60. The zero-order valence-electron chi connectivity index (χ0n) is 22.1. The van der Waals surface area contributed by atoms with Crippen molar-refractivity contribution < 1.29 is 19.1 Å². The van der Waals surface area contributed by atoms with E-state index in [4.69, 9.17) is 27.9 Å². The van der Waals surface area contributed by atoms with E-state index in [0.29, 0.717) is 10.0 Å². The Bertz CT molecular complexity index is 1680. The lowest BCUT2D eigenvalue weighted by molar-refractivity contribution is -0.155. The summed E-state index contributed by atoms with van der Waals surface area (Å²) in [6.07, 6.45) is 3.01. The second kappa shape index (κ2) is 10.5. The zero-order chi connectivity index (χ0) is 29.0. The van der Waals surface area contributed by atoms with Gasteiger partial charge in [0.05, 0.1) is 23.6 Å². The number of ether oxygens (including phenoxy) is 1. The van der Waals surface area contributed by atoms with Gasteiger partial charge in [-0.05, 0) is 46.5 Å². The molecule has 8 heteroatoms. The first-order chi connectivity index (χ1) is 20.4. The monoisotopic (exact) mass is 594 g/mol. The quantitative estimate of drug-likeness (QED) is 0.187. The molecule has 2 saturated heterocycles. The van der Waals surface area contributed by atoms with Crippen molar-refractivity contribution in [1.82, 2.24) is 4.90 Å². The van der Waals surface area contributed by atoms with Crippen molar-refractivity contribution in [1.29, 1.82) is 0 Å². The molecular formula is C34H24Cl2N2O4. The molecule has 208 valence electrons. The Labute approximate surface area is 252 Å². The summed E-state index contributed by atoms with van der Waals surface area (Å²) in [6.45, 7) is 0. The number of carbonyl (C=O) groups excluding carboxylic acids is 3. The number of imide groups is 1.